The van der Waals surface area contributed by atoms with Gasteiger partial charge in [0.1, 0.15) is 11.4 Å². The van der Waals surface area contributed by atoms with Crippen molar-refractivity contribution in [3.8, 4) is 5.75 Å². The molecule has 0 saturated heterocycles. The van der Waals surface area contributed by atoms with Gasteiger partial charge in [0.2, 0.25) is 0 Å². The molecule has 0 radical (unpaired) electrons. The predicted molar refractivity (Wildman–Crippen MR) is 63.4 cm³/mol. The van der Waals surface area contributed by atoms with E-state index < -0.39 is 11.6 Å². The molecule has 0 aliphatic carbocycles. The number of carboxylic acid groups (broad SMARTS) is 1. The molecule has 5 heteroatoms. The molecule has 1 N–H and O–H groups in total. The lowest BCUT2D eigenvalue weighted by atomic mass is 10.1. The molecule has 1 aromatic carbocycles. The van der Waals surface area contributed by atoms with Crippen molar-refractivity contribution in [2.75, 3.05) is 0 Å². The molecule has 1 aromatic rings. The van der Waals surface area contributed by atoms with Crippen LogP contribution in [0, 0.1) is 0 Å². The summed E-state index contributed by atoms with van der Waals surface area (Å²) in [5.41, 5.74) is -0.833. The highest BCUT2D eigenvalue weighted by molar-refractivity contribution is 6.34. The highest BCUT2D eigenvalue weighted by Crippen LogP contribution is 2.31. The van der Waals surface area contributed by atoms with E-state index in [1.54, 1.807) is 32.0 Å². The molecule has 0 amide bonds. The van der Waals surface area contributed by atoms with E-state index in [4.69, 9.17) is 33.0 Å². The Labute approximate surface area is 104 Å². The molecule has 0 fully saturated rings. The number of ether oxygens (including phenoxy) is 1. The minimum atomic E-state index is -0.928. The van der Waals surface area contributed by atoms with E-state index in [2.05, 4.69) is 0 Å². The third-order valence-corrected chi connectivity index (χ3v) is 2.40. The van der Waals surface area contributed by atoms with Crippen molar-refractivity contribution >= 4 is 29.2 Å². The maximum Gasteiger partial charge on any atom is 0.307 e. The van der Waals surface area contributed by atoms with E-state index in [9.17, 15) is 4.79 Å². The molecule has 88 valence electrons. The molecule has 0 unspecified atom stereocenters. The fourth-order valence-corrected chi connectivity index (χ4v) is 1.57. The van der Waals surface area contributed by atoms with Crippen LogP contribution in [0.25, 0.3) is 0 Å². The van der Waals surface area contributed by atoms with E-state index in [1.807, 2.05) is 0 Å². The highest BCUT2D eigenvalue weighted by atomic mass is 35.5. The molecular formula is C11H12Cl2O3. The van der Waals surface area contributed by atoms with Gasteiger partial charge in [0.05, 0.1) is 11.4 Å². The second kappa shape index (κ2) is 4.93. The number of hydrogen-bond donors (Lipinski definition) is 1. The summed E-state index contributed by atoms with van der Waals surface area (Å²) in [6.45, 7) is 3.36. The van der Waals surface area contributed by atoms with Gasteiger partial charge in [-0.2, -0.15) is 0 Å². The topological polar surface area (TPSA) is 46.5 Å². The number of carbonyl (C=O) groups is 1. The third kappa shape index (κ3) is 3.91. The minimum absolute atomic E-state index is 0.115. The molecular weight excluding hydrogens is 251 g/mol. The van der Waals surface area contributed by atoms with Gasteiger partial charge in [0.25, 0.3) is 0 Å². The van der Waals surface area contributed by atoms with Gasteiger partial charge in [-0.1, -0.05) is 23.2 Å². The number of halogens is 2. The van der Waals surface area contributed by atoms with Crippen LogP contribution in [-0.2, 0) is 4.79 Å². The summed E-state index contributed by atoms with van der Waals surface area (Å²) in [5.74, 6) is -0.538. The van der Waals surface area contributed by atoms with E-state index in [-0.39, 0.29) is 6.42 Å². The fourth-order valence-electron chi connectivity index (χ4n) is 1.25. The quantitative estimate of drug-likeness (QED) is 0.902. The van der Waals surface area contributed by atoms with Crippen molar-refractivity contribution in [3.05, 3.63) is 28.2 Å². The van der Waals surface area contributed by atoms with Crippen LogP contribution < -0.4 is 4.74 Å². The van der Waals surface area contributed by atoms with E-state index in [0.29, 0.717) is 15.8 Å². The largest absolute Gasteiger partial charge is 0.486 e. The van der Waals surface area contributed by atoms with Crippen LogP contribution in [0.3, 0.4) is 0 Å². The summed E-state index contributed by atoms with van der Waals surface area (Å²) in [5, 5.41) is 9.61. The molecule has 0 bridgehead atoms. The first kappa shape index (κ1) is 13.1. The zero-order valence-corrected chi connectivity index (χ0v) is 10.5. The lowest BCUT2D eigenvalue weighted by Gasteiger charge is -2.25. The summed E-state index contributed by atoms with van der Waals surface area (Å²) >= 11 is 11.7. The van der Waals surface area contributed by atoms with Crippen LogP contribution in [0.2, 0.25) is 10.0 Å². The summed E-state index contributed by atoms with van der Waals surface area (Å²) < 4.78 is 5.53. The third-order valence-electron chi connectivity index (χ3n) is 1.86. The Morgan fingerprint density at radius 3 is 2.62 bits per heavy atom. The van der Waals surface area contributed by atoms with Crippen molar-refractivity contribution in [3.63, 3.8) is 0 Å². The molecule has 16 heavy (non-hydrogen) atoms. The van der Waals surface area contributed by atoms with Crippen molar-refractivity contribution in [2.45, 2.75) is 25.9 Å². The van der Waals surface area contributed by atoms with Gasteiger partial charge in [0, 0.05) is 11.1 Å². The summed E-state index contributed by atoms with van der Waals surface area (Å²) in [4.78, 5) is 10.6. The van der Waals surface area contributed by atoms with Crippen LogP contribution >= 0.6 is 23.2 Å². The van der Waals surface area contributed by atoms with Gasteiger partial charge in [0.15, 0.2) is 0 Å². The average molecular weight is 263 g/mol. The van der Waals surface area contributed by atoms with Gasteiger partial charge in [-0.05, 0) is 26.0 Å². The summed E-state index contributed by atoms with van der Waals surface area (Å²) in [7, 11) is 0. The van der Waals surface area contributed by atoms with Gasteiger partial charge < -0.3 is 9.84 Å². The Morgan fingerprint density at radius 1 is 1.44 bits per heavy atom. The molecule has 0 atom stereocenters. The Bertz CT molecular complexity index is 402. The molecule has 0 aliphatic heterocycles. The van der Waals surface area contributed by atoms with Crippen LogP contribution in [-0.4, -0.2) is 16.7 Å². The van der Waals surface area contributed by atoms with Crippen molar-refractivity contribution in [2.24, 2.45) is 0 Å². The Hall–Kier alpha value is -0.930. The first-order valence-corrected chi connectivity index (χ1v) is 5.42. The smallest absolute Gasteiger partial charge is 0.307 e. The molecule has 0 heterocycles. The zero-order valence-electron chi connectivity index (χ0n) is 8.96. The number of aliphatic carboxylic acids is 1. The molecule has 3 nitrogen and oxygen atoms in total. The van der Waals surface area contributed by atoms with Crippen LogP contribution in [0.15, 0.2) is 18.2 Å². The first-order chi connectivity index (χ1) is 7.30. The maximum atomic E-state index is 10.6. The molecule has 0 aromatic heterocycles. The first-order valence-electron chi connectivity index (χ1n) is 4.66. The van der Waals surface area contributed by atoms with Gasteiger partial charge in [-0.3, -0.25) is 4.79 Å². The highest BCUT2D eigenvalue weighted by Gasteiger charge is 2.24. The molecule has 1 rings (SSSR count). The normalized spacial score (nSPS) is 11.2. The maximum absolute atomic E-state index is 10.6. The van der Waals surface area contributed by atoms with Gasteiger partial charge in [-0.15, -0.1) is 0 Å². The lowest BCUT2D eigenvalue weighted by molar-refractivity contribution is -0.140. The number of carboxylic acids is 1. The molecule has 0 saturated carbocycles. The lowest BCUT2D eigenvalue weighted by Crippen LogP contribution is -2.31. The number of rotatable bonds is 4. The second-order valence-corrected chi connectivity index (χ2v) is 4.85. The second-order valence-electron chi connectivity index (χ2n) is 4.01. The predicted octanol–water partition coefficient (Wildman–Crippen LogP) is 3.63. The van der Waals surface area contributed by atoms with Gasteiger partial charge in [-0.25, -0.2) is 0 Å². The van der Waals surface area contributed by atoms with E-state index in [1.165, 1.54) is 0 Å². The van der Waals surface area contributed by atoms with Crippen molar-refractivity contribution in [1.29, 1.82) is 0 Å². The Balaban J connectivity index is 2.86. The SMILES string of the molecule is CC(C)(CC(=O)O)Oc1cc(Cl)ccc1Cl. The van der Waals surface area contributed by atoms with Crippen LogP contribution in [0.5, 0.6) is 5.75 Å². The zero-order chi connectivity index (χ0) is 12.3. The summed E-state index contributed by atoms with van der Waals surface area (Å²) in [6.07, 6.45) is -0.115. The minimum Gasteiger partial charge on any atom is -0.486 e. The van der Waals surface area contributed by atoms with Crippen molar-refractivity contribution in [1.82, 2.24) is 0 Å². The van der Waals surface area contributed by atoms with Crippen molar-refractivity contribution < 1.29 is 14.6 Å². The van der Waals surface area contributed by atoms with E-state index in [0.717, 1.165) is 0 Å². The van der Waals surface area contributed by atoms with Crippen LogP contribution in [0.4, 0.5) is 0 Å². The van der Waals surface area contributed by atoms with Crippen LogP contribution in [0.1, 0.15) is 20.3 Å². The number of benzene rings is 1. The Morgan fingerprint density at radius 2 is 2.06 bits per heavy atom. The standard InChI is InChI=1S/C11H12Cl2O3/c1-11(2,6-10(14)15)16-9-5-7(12)3-4-8(9)13/h3-5H,6H2,1-2H3,(H,14,15). The fraction of sp³-hybridized carbons (Fsp3) is 0.364. The van der Waals surface area contributed by atoms with E-state index >= 15 is 0 Å². The average Bonchev–Trinajstić information content (AvgIpc) is 2.08. The number of hydrogen-bond acceptors (Lipinski definition) is 2. The molecule has 0 spiro atoms. The molecule has 0 aliphatic rings. The Kier molecular flexibility index (Phi) is 4.05. The monoisotopic (exact) mass is 262 g/mol. The summed E-state index contributed by atoms with van der Waals surface area (Å²) in [6, 6.07) is 4.81. The van der Waals surface area contributed by atoms with Gasteiger partial charge >= 0.3 is 5.97 Å².